The average molecular weight is 330 g/mol. The Balaban J connectivity index is 1.68. The van der Waals surface area contributed by atoms with E-state index >= 15 is 0 Å². The molecule has 0 radical (unpaired) electrons. The van der Waals surface area contributed by atoms with Crippen molar-refractivity contribution >= 4 is 34.0 Å². The molecular formula is C16H12ClN3OS. The Labute approximate surface area is 136 Å². The second-order valence-corrected chi connectivity index (χ2v) is 5.83. The molecule has 0 saturated carbocycles. The molecule has 6 heteroatoms. The molecule has 0 unspecified atom stereocenters. The summed E-state index contributed by atoms with van der Waals surface area (Å²) in [4.78, 5) is 20.7. The first-order chi connectivity index (χ1) is 10.7. The molecule has 1 aromatic carbocycles. The zero-order chi connectivity index (χ0) is 15.4. The maximum absolute atomic E-state index is 12.1. The van der Waals surface area contributed by atoms with Crippen LogP contribution in [-0.4, -0.2) is 15.9 Å². The van der Waals surface area contributed by atoms with E-state index in [0.717, 1.165) is 17.0 Å². The number of carbonyl (C=O) groups excluding carboxylic acids is 1. The quantitative estimate of drug-likeness (QED) is 0.786. The summed E-state index contributed by atoms with van der Waals surface area (Å²) in [5.74, 6) is -0.143. The van der Waals surface area contributed by atoms with Gasteiger partial charge in [0.1, 0.15) is 5.69 Å². The van der Waals surface area contributed by atoms with Crippen molar-refractivity contribution in [2.24, 2.45) is 0 Å². The SMILES string of the molecule is O=C(Cc1ccccc1Cl)Nc1nc(-c2ccccn2)cs1. The van der Waals surface area contributed by atoms with Gasteiger partial charge in [-0.05, 0) is 23.8 Å². The molecule has 3 rings (SSSR count). The van der Waals surface area contributed by atoms with Gasteiger partial charge in [-0.3, -0.25) is 9.78 Å². The molecule has 0 aliphatic rings. The van der Waals surface area contributed by atoms with Gasteiger partial charge >= 0.3 is 0 Å². The number of benzene rings is 1. The topological polar surface area (TPSA) is 54.9 Å². The lowest BCUT2D eigenvalue weighted by molar-refractivity contribution is -0.115. The van der Waals surface area contributed by atoms with Crippen LogP contribution >= 0.6 is 22.9 Å². The van der Waals surface area contributed by atoms with Crippen LogP contribution < -0.4 is 5.32 Å². The van der Waals surface area contributed by atoms with Crippen LogP contribution in [0.2, 0.25) is 5.02 Å². The van der Waals surface area contributed by atoms with Crippen LogP contribution in [0, 0.1) is 0 Å². The molecule has 1 N–H and O–H groups in total. The number of anilines is 1. The summed E-state index contributed by atoms with van der Waals surface area (Å²) in [5, 5.41) is 5.80. The fraction of sp³-hybridized carbons (Fsp3) is 0.0625. The van der Waals surface area contributed by atoms with Crippen LogP contribution in [0.3, 0.4) is 0 Å². The summed E-state index contributed by atoms with van der Waals surface area (Å²) in [7, 11) is 0. The number of amides is 1. The first-order valence-electron chi connectivity index (χ1n) is 6.62. The van der Waals surface area contributed by atoms with Crippen molar-refractivity contribution < 1.29 is 4.79 Å². The standard InChI is InChI=1S/C16H12ClN3OS/c17-12-6-2-1-5-11(12)9-15(21)20-16-19-14(10-22-16)13-7-3-4-8-18-13/h1-8,10H,9H2,(H,19,20,21). The number of hydrogen-bond acceptors (Lipinski definition) is 4. The molecule has 0 fully saturated rings. The van der Waals surface area contributed by atoms with E-state index in [9.17, 15) is 4.79 Å². The number of thiazole rings is 1. The molecule has 4 nitrogen and oxygen atoms in total. The smallest absolute Gasteiger partial charge is 0.230 e. The molecule has 2 heterocycles. The van der Waals surface area contributed by atoms with Crippen LogP contribution in [0.1, 0.15) is 5.56 Å². The highest BCUT2D eigenvalue weighted by Gasteiger charge is 2.10. The Morgan fingerprint density at radius 3 is 2.73 bits per heavy atom. The van der Waals surface area contributed by atoms with Crippen LogP contribution in [0.4, 0.5) is 5.13 Å². The molecule has 1 amide bonds. The fourth-order valence-electron chi connectivity index (χ4n) is 1.94. The van der Waals surface area contributed by atoms with Crippen molar-refractivity contribution in [2.45, 2.75) is 6.42 Å². The summed E-state index contributed by atoms with van der Waals surface area (Å²) >= 11 is 7.43. The van der Waals surface area contributed by atoms with E-state index in [1.807, 2.05) is 41.8 Å². The fourth-order valence-corrected chi connectivity index (χ4v) is 2.86. The number of hydrogen-bond donors (Lipinski definition) is 1. The summed E-state index contributed by atoms with van der Waals surface area (Å²) in [6.45, 7) is 0. The Morgan fingerprint density at radius 2 is 1.95 bits per heavy atom. The molecular weight excluding hydrogens is 318 g/mol. The zero-order valence-electron chi connectivity index (χ0n) is 11.5. The number of halogens is 1. The number of carbonyl (C=O) groups is 1. The Bertz CT molecular complexity index is 789. The molecule has 110 valence electrons. The van der Waals surface area contributed by atoms with Gasteiger partial charge in [-0.1, -0.05) is 35.9 Å². The molecule has 0 atom stereocenters. The minimum absolute atomic E-state index is 0.143. The van der Waals surface area contributed by atoms with Crippen LogP contribution in [-0.2, 0) is 11.2 Å². The van der Waals surface area contributed by atoms with Crippen molar-refractivity contribution in [1.82, 2.24) is 9.97 Å². The zero-order valence-corrected chi connectivity index (χ0v) is 13.1. The number of nitrogens with zero attached hydrogens (tertiary/aromatic N) is 2. The highest BCUT2D eigenvalue weighted by molar-refractivity contribution is 7.14. The minimum atomic E-state index is -0.143. The van der Waals surface area contributed by atoms with E-state index < -0.39 is 0 Å². The van der Waals surface area contributed by atoms with Gasteiger partial charge in [0.05, 0.1) is 12.1 Å². The lowest BCUT2D eigenvalue weighted by atomic mass is 10.1. The maximum Gasteiger partial charge on any atom is 0.230 e. The summed E-state index contributed by atoms with van der Waals surface area (Å²) in [5.41, 5.74) is 2.33. The number of nitrogens with one attached hydrogen (secondary N) is 1. The maximum atomic E-state index is 12.1. The van der Waals surface area contributed by atoms with E-state index in [0.29, 0.717) is 10.2 Å². The Kier molecular flexibility index (Phi) is 4.46. The Morgan fingerprint density at radius 1 is 1.14 bits per heavy atom. The third kappa shape index (κ3) is 3.50. The van der Waals surface area contributed by atoms with Crippen LogP contribution in [0.25, 0.3) is 11.4 Å². The highest BCUT2D eigenvalue weighted by Crippen LogP contribution is 2.23. The van der Waals surface area contributed by atoms with E-state index in [4.69, 9.17) is 11.6 Å². The van der Waals surface area contributed by atoms with Crippen molar-refractivity contribution in [2.75, 3.05) is 5.32 Å². The van der Waals surface area contributed by atoms with Crippen molar-refractivity contribution in [3.63, 3.8) is 0 Å². The normalized spacial score (nSPS) is 10.4. The van der Waals surface area contributed by atoms with Crippen molar-refractivity contribution in [3.05, 3.63) is 64.6 Å². The molecule has 3 aromatic rings. The van der Waals surface area contributed by atoms with Crippen molar-refractivity contribution in [3.8, 4) is 11.4 Å². The average Bonchev–Trinajstić information content (AvgIpc) is 2.99. The molecule has 0 aliphatic heterocycles. The predicted molar refractivity (Wildman–Crippen MR) is 89.1 cm³/mol. The first-order valence-corrected chi connectivity index (χ1v) is 7.88. The lowest BCUT2D eigenvalue weighted by Gasteiger charge is -2.03. The van der Waals surface area contributed by atoms with Gasteiger partial charge < -0.3 is 5.32 Å². The predicted octanol–water partition coefficient (Wildman–Crippen LogP) is 4.04. The van der Waals surface area contributed by atoms with Gasteiger partial charge in [-0.15, -0.1) is 11.3 Å². The van der Waals surface area contributed by atoms with Crippen LogP contribution in [0.5, 0.6) is 0 Å². The van der Waals surface area contributed by atoms with Gasteiger partial charge in [0, 0.05) is 16.6 Å². The van der Waals surface area contributed by atoms with Gasteiger partial charge in [0.2, 0.25) is 5.91 Å². The lowest BCUT2D eigenvalue weighted by Crippen LogP contribution is -2.14. The molecule has 0 spiro atoms. The number of aromatic nitrogens is 2. The third-order valence-corrected chi connectivity index (χ3v) is 4.11. The van der Waals surface area contributed by atoms with E-state index in [1.54, 1.807) is 12.3 Å². The molecule has 0 saturated heterocycles. The van der Waals surface area contributed by atoms with E-state index in [1.165, 1.54) is 11.3 Å². The second kappa shape index (κ2) is 6.68. The van der Waals surface area contributed by atoms with E-state index in [2.05, 4.69) is 15.3 Å². The molecule has 0 aliphatic carbocycles. The first kappa shape index (κ1) is 14.7. The number of rotatable bonds is 4. The van der Waals surface area contributed by atoms with Crippen molar-refractivity contribution in [1.29, 1.82) is 0 Å². The third-order valence-electron chi connectivity index (χ3n) is 2.99. The minimum Gasteiger partial charge on any atom is -0.302 e. The molecule has 22 heavy (non-hydrogen) atoms. The summed E-state index contributed by atoms with van der Waals surface area (Å²) in [6.07, 6.45) is 1.93. The number of pyridine rings is 1. The van der Waals surface area contributed by atoms with Gasteiger partial charge in [-0.2, -0.15) is 0 Å². The Hall–Kier alpha value is -2.24. The summed E-state index contributed by atoms with van der Waals surface area (Å²) in [6, 6.07) is 12.9. The summed E-state index contributed by atoms with van der Waals surface area (Å²) < 4.78 is 0. The highest BCUT2D eigenvalue weighted by atomic mass is 35.5. The van der Waals surface area contributed by atoms with Crippen LogP contribution in [0.15, 0.2) is 54.0 Å². The molecule has 0 bridgehead atoms. The van der Waals surface area contributed by atoms with Gasteiger partial charge in [-0.25, -0.2) is 4.98 Å². The monoisotopic (exact) mass is 329 g/mol. The molecule has 2 aromatic heterocycles. The largest absolute Gasteiger partial charge is 0.302 e. The second-order valence-electron chi connectivity index (χ2n) is 4.57. The van der Waals surface area contributed by atoms with Gasteiger partial charge in [0.15, 0.2) is 5.13 Å². The van der Waals surface area contributed by atoms with E-state index in [-0.39, 0.29) is 12.3 Å². The van der Waals surface area contributed by atoms with Gasteiger partial charge in [0.25, 0.3) is 0 Å².